The van der Waals surface area contributed by atoms with Crippen molar-refractivity contribution in [1.82, 2.24) is 0 Å². The summed E-state index contributed by atoms with van der Waals surface area (Å²) in [6.45, 7) is 0. The van der Waals surface area contributed by atoms with Gasteiger partial charge in [-0.05, 0) is 24.3 Å². The monoisotopic (exact) mass is 208 g/mol. The van der Waals surface area contributed by atoms with E-state index in [0.29, 0.717) is 11.5 Å². The van der Waals surface area contributed by atoms with Crippen LogP contribution in [0.25, 0.3) is 0 Å². The lowest BCUT2D eigenvalue weighted by Crippen LogP contribution is -2.50. The average Bonchev–Trinajstić information content (AvgIpc) is 3.09. The molecule has 2 saturated carbocycles. The molecule has 2 aliphatic carbocycles. The molecule has 2 rings (SSSR count). The molecule has 76 valence electrons. The zero-order valence-electron chi connectivity index (χ0n) is 8.56. The van der Waals surface area contributed by atoms with Crippen LogP contribution >= 0.6 is 0 Å². The van der Waals surface area contributed by atoms with E-state index in [9.17, 15) is 0 Å². The smallest absolute Gasteiger partial charge is 0.196 e. The van der Waals surface area contributed by atoms with Crippen LogP contribution in [0.2, 0.25) is 0 Å². The number of allylic oxidation sites excluding steroid dienone is 2. The summed E-state index contributed by atoms with van der Waals surface area (Å²) < 4.78 is 0. The molecule has 0 aliphatic heterocycles. The molecule has 0 atom stereocenters. The molecule has 0 spiro atoms. The molecule has 0 saturated heterocycles. The van der Waals surface area contributed by atoms with Crippen LogP contribution in [0.3, 0.4) is 0 Å². The lowest BCUT2D eigenvalue weighted by Gasteiger charge is -2.43. The number of nitriles is 4. The predicted octanol–water partition coefficient (Wildman–Crippen LogP) is 1.79. The van der Waals surface area contributed by atoms with Crippen molar-refractivity contribution in [2.75, 3.05) is 0 Å². The minimum absolute atomic E-state index is 0.234. The van der Waals surface area contributed by atoms with Crippen molar-refractivity contribution < 1.29 is 0 Å². The average molecular weight is 208 g/mol. The number of hydrogen-bond donors (Lipinski definition) is 0. The van der Waals surface area contributed by atoms with Crippen molar-refractivity contribution in [3.63, 3.8) is 0 Å². The van der Waals surface area contributed by atoms with Crippen LogP contribution in [0, 0.1) is 62.1 Å². The Balaban J connectivity index is 2.46. The van der Waals surface area contributed by atoms with Crippen LogP contribution in [-0.4, -0.2) is 0 Å². The Morgan fingerprint density at radius 3 is 1.94 bits per heavy atom. The van der Waals surface area contributed by atoms with Gasteiger partial charge in [0.2, 0.25) is 0 Å². The summed E-state index contributed by atoms with van der Waals surface area (Å²) in [6, 6.07) is 7.40. The van der Waals surface area contributed by atoms with Gasteiger partial charge < -0.3 is 0 Å². The largest absolute Gasteiger partial charge is 0.196 e. The second-order valence-electron chi connectivity index (χ2n) is 4.31. The maximum absolute atomic E-state index is 9.12. The van der Waals surface area contributed by atoms with Crippen molar-refractivity contribution >= 4 is 0 Å². The fourth-order valence-corrected chi connectivity index (χ4v) is 2.08. The lowest BCUT2D eigenvalue weighted by molar-refractivity contribution is 0.237. The highest BCUT2D eigenvalue weighted by molar-refractivity contribution is 5.54. The van der Waals surface area contributed by atoms with Gasteiger partial charge in [-0.25, -0.2) is 0 Å². The lowest BCUT2D eigenvalue weighted by atomic mass is 9.48. The Bertz CT molecular complexity index is 497. The van der Waals surface area contributed by atoms with Gasteiger partial charge in [0.05, 0.1) is 24.3 Å². The molecular weight excluding hydrogens is 200 g/mol. The molecule has 16 heavy (non-hydrogen) atoms. The van der Waals surface area contributed by atoms with Gasteiger partial charge in [-0.2, -0.15) is 21.0 Å². The third kappa shape index (κ3) is 0.995. The second kappa shape index (κ2) is 3.10. The van der Waals surface area contributed by atoms with E-state index in [4.69, 9.17) is 21.0 Å². The van der Waals surface area contributed by atoms with E-state index in [2.05, 4.69) is 0 Å². The highest BCUT2D eigenvalue weighted by Crippen LogP contribution is 2.60. The quantitative estimate of drug-likeness (QED) is 0.613. The van der Waals surface area contributed by atoms with Gasteiger partial charge in [0.15, 0.2) is 10.8 Å². The van der Waals surface area contributed by atoms with E-state index in [0.717, 1.165) is 12.8 Å². The molecule has 4 nitrogen and oxygen atoms in total. The molecule has 0 aromatic heterocycles. The van der Waals surface area contributed by atoms with Crippen molar-refractivity contribution in [1.29, 1.82) is 21.0 Å². The SMILES string of the molecule is N#CC1(C#N)CC(=CC2CC2)C1(C#N)C#N. The molecule has 4 heteroatoms. The fraction of sp³-hybridized carbons (Fsp3) is 0.500. The molecule has 0 aromatic rings. The van der Waals surface area contributed by atoms with Crippen molar-refractivity contribution in [3.8, 4) is 24.3 Å². The number of rotatable bonds is 1. The van der Waals surface area contributed by atoms with E-state index >= 15 is 0 Å². The molecule has 0 bridgehead atoms. The van der Waals surface area contributed by atoms with Crippen molar-refractivity contribution in [3.05, 3.63) is 11.6 Å². The van der Waals surface area contributed by atoms with Crippen LogP contribution < -0.4 is 0 Å². The van der Waals surface area contributed by atoms with Crippen LogP contribution in [0.4, 0.5) is 0 Å². The first-order chi connectivity index (χ1) is 7.68. The van der Waals surface area contributed by atoms with Crippen LogP contribution in [0.15, 0.2) is 11.6 Å². The predicted molar refractivity (Wildman–Crippen MR) is 52.7 cm³/mol. The summed E-state index contributed by atoms with van der Waals surface area (Å²) in [5.41, 5.74) is -2.36. The van der Waals surface area contributed by atoms with Crippen molar-refractivity contribution in [2.24, 2.45) is 16.7 Å². The standard InChI is InChI=1S/C12H8N4/c13-5-11(6-14)4-10(3-9-1-2-9)12(11,7-15)8-16/h3,9H,1-2,4H2. The Morgan fingerprint density at radius 1 is 1.00 bits per heavy atom. The first-order valence-corrected chi connectivity index (χ1v) is 5.04. The molecule has 0 heterocycles. The molecule has 2 aliphatic rings. The van der Waals surface area contributed by atoms with Crippen molar-refractivity contribution in [2.45, 2.75) is 19.3 Å². The third-order valence-electron chi connectivity index (χ3n) is 3.35. The Hall–Kier alpha value is -2.30. The van der Waals surface area contributed by atoms with Gasteiger partial charge in [-0.1, -0.05) is 6.08 Å². The van der Waals surface area contributed by atoms with Gasteiger partial charge in [-0.15, -0.1) is 0 Å². The second-order valence-corrected chi connectivity index (χ2v) is 4.31. The topological polar surface area (TPSA) is 95.2 Å². The van der Waals surface area contributed by atoms with Crippen LogP contribution in [0.5, 0.6) is 0 Å². The van der Waals surface area contributed by atoms with Crippen LogP contribution in [-0.2, 0) is 0 Å². The normalized spacial score (nSPS) is 26.6. The summed E-state index contributed by atoms with van der Waals surface area (Å²) in [6.07, 6.45) is 4.28. The molecular formula is C12H8N4. The molecule has 2 fully saturated rings. The molecule has 0 unspecified atom stereocenters. The number of nitrogens with zero attached hydrogens (tertiary/aromatic N) is 4. The zero-order valence-corrected chi connectivity index (χ0v) is 8.56. The Morgan fingerprint density at radius 2 is 1.56 bits per heavy atom. The minimum atomic E-state index is -1.54. The highest BCUT2D eigenvalue weighted by Gasteiger charge is 2.66. The zero-order chi connectivity index (χ0) is 11.8. The van der Waals surface area contributed by atoms with Gasteiger partial charge in [0.25, 0.3) is 0 Å². The molecule has 0 amide bonds. The fourth-order valence-electron chi connectivity index (χ4n) is 2.08. The van der Waals surface area contributed by atoms with Gasteiger partial charge in [0.1, 0.15) is 0 Å². The van der Waals surface area contributed by atoms with Gasteiger partial charge in [-0.3, -0.25) is 0 Å². The first kappa shape index (κ1) is 10.2. The van der Waals surface area contributed by atoms with Gasteiger partial charge in [0, 0.05) is 6.42 Å². The summed E-state index contributed by atoms with van der Waals surface area (Å²) >= 11 is 0. The van der Waals surface area contributed by atoms with E-state index in [1.54, 1.807) is 0 Å². The Labute approximate surface area is 93.6 Å². The minimum Gasteiger partial charge on any atom is -0.196 e. The summed E-state index contributed by atoms with van der Waals surface area (Å²) in [4.78, 5) is 0. The van der Waals surface area contributed by atoms with Gasteiger partial charge >= 0.3 is 0 Å². The molecule has 0 N–H and O–H groups in total. The van der Waals surface area contributed by atoms with E-state index in [1.165, 1.54) is 0 Å². The first-order valence-electron chi connectivity index (χ1n) is 5.04. The number of hydrogen-bond acceptors (Lipinski definition) is 4. The summed E-state index contributed by atoms with van der Waals surface area (Å²) in [5, 5.41) is 36.2. The Kier molecular flexibility index (Phi) is 1.98. The van der Waals surface area contributed by atoms with E-state index < -0.39 is 10.8 Å². The summed E-state index contributed by atoms with van der Waals surface area (Å²) in [5.74, 6) is 0.437. The van der Waals surface area contributed by atoms with E-state index in [-0.39, 0.29) is 6.42 Å². The van der Waals surface area contributed by atoms with E-state index in [1.807, 2.05) is 30.4 Å². The maximum atomic E-state index is 9.12. The third-order valence-corrected chi connectivity index (χ3v) is 3.35. The maximum Gasteiger partial charge on any atom is 0.196 e. The molecule has 0 aromatic carbocycles. The van der Waals surface area contributed by atoms with Crippen LogP contribution in [0.1, 0.15) is 19.3 Å². The highest BCUT2D eigenvalue weighted by atomic mass is 14.6. The summed E-state index contributed by atoms with van der Waals surface area (Å²) in [7, 11) is 0. The molecule has 0 radical (unpaired) electrons.